The smallest absolute Gasteiger partial charge is 0.407 e. The van der Waals surface area contributed by atoms with Crippen molar-refractivity contribution >= 4 is 36.0 Å². The van der Waals surface area contributed by atoms with E-state index in [4.69, 9.17) is 4.74 Å². The summed E-state index contributed by atoms with van der Waals surface area (Å²) in [4.78, 5) is 16.2. The molecule has 2 aromatic rings. The number of nitrogens with zero attached hydrogens (tertiary/aromatic N) is 3. The third kappa shape index (κ3) is 9.95. The lowest BCUT2D eigenvalue weighted by Gasteiger charge is -2.19. The molecule has 0 saturated heterocycles. The van der Waals surface area contributed by atoms with Crippen LogP contribution in [0.25, 0.3) is 5.69 Å². The zero-order valence-corrected chi connectivity index (χ0v) is 20.5. The van der Waals surface area contributed by atoms with Crippen LogP contribution in [0.4, 0.5) is 4.79 Å². The fourth-order valence-corrected chi connectivity index (χ4v) is 2.48. The van der Waals surface area contributed by atoms with E-state index in [0.717, 1.165) is 30.2 Å². The molecule has 1 aromatic carbocycles. The standard InChI is InChI=1S/C21H32N6O2.HI/c1-5-22-19(23-12-9-13-24-20(28)29-21(2,3)4)25-14-17-15-26-27(16-17)18-10-7-6-8-11-18;/h6-8,10-11,15-16H,5,9,12-14H2,1-4H3,(H,24,28)(H2,22,23,25);1H. The second-order valence-corrected chi connectivity index (χ2v) is 7.53. The van der Waals surface area contributed by atoms with E-state index in [2.05, 4.69) is 26.0 Å². The molecule has 1 aromatic heterocycles. The van der Waals surface area contributed by atoms with Gasteiger partial charge in [0.2, 0.25) is 0 Å². The highest BCUT2D eigenvalue weighted by Crippen LogP contribution is 2.08. The second-order valence-electron chi connectivity index (χ2n) is 7.53. The highest BCUT2D eigenvalue weighted by atomic mass is 127. The van der Waals surface area contributed by atoms with Crippen molar-refractivity contribution < 1.29 is 9.53 Å². The molecule has 0 atom stereocenters. The van der Waals surface area contributed by atoms with Gasteiger partial charge in [-0.25, -0.2) is 14.5 Å². The quantitative estimate of drug-likeness (QED) is 0.211. The summed E-state index contributed by atoms with van der Waals surface area (Å²) in [6.45, 7) is 10.1. The third-order valence-corrected chi connectivity index (χ3v) is 3.73. The summed E-state index contributed by atoms with van der Waals surface area (Å²) in [5.41, 5.74) is 1.56. The van der Waals surface area contributed by atoms with E-state index in [0.29, 0.717) is 19.6 Å². The van der Waals surface area contributed by atoms with Crippen molar-refractivity contribution in [1.82, 2.24) is 25.7 Å². The maximum absolute atomic E-state index is 11.6. The van der Waals surface area contributed by atoms with Crippen LogP contribution in [0.2, 0.25) is 0 Å². The number of carbonyl (C=O) groups is 1. The summed E-state index contributed by atoms with van der Waals surface area (Å²) in [5.74, 6) is 0.734. The number of amides is 1. The first kappa shape index (κ1) is 25.7. The van der Waals surface area contributed by atoms with Gasteiger partial charge in [0.1, 0.15) is 5.60 Å². The van der Waals surface area contributed by atoms with E-state index >= 15 is 0 Å². The highest BCUT2D eigenvalue weighted by Gasteiger charge is 2.15. The summed E-state index contributed by atoms with van der Waals surface area (Å²) in [5, 5.41) is 13.6. The summed E-state index contributed by atoms with van der Waals surface area (Å²) in [6.07, 6.45) is 4.17. The summed E-state index contributed by atoms with van der Waals surface area (Å²) in [7, 11) is 0. The van der Waals surface area contributed by atoms with Crippen LogP contribution in [0.5, 0.6) is 0 Å². The van der Waals surface area contributed by atoms with Crippen molar-refractivity contribution in [3.05, 3.63) is 48.3 Å². The first-order chi connectivity index (χ1) is 13.9. The molecule has 1 amide bonds. The van der Waals surface area contributed by atoms with Crippen LogP contribution in [0, 0.1) is 0 Å². The molecule has 0 fully saturated rings. The predicted octanol–water partition coefficient (Wildman–Crippen LogP) is 3.46. The van der Waals surface area contributed by atoms with Gasteiger partial charge in [0.05, 0.1) is 18.4 Å². The van der Waals surface area contributed by atoms with E-state index < -0.39 is 11.7 Å². The van der Waals surface area contributed by atoms with Crippen LogP contribution >= 0.6 is 24.0 Å². The van der Waals surface area contributed by atoms with Gasteiger partial charge < -0.3 is 20.7 Å². The van der Waals surface area contributed by atoms with Crippen molar-refractivity contribution in [3.63, 3.8) is 0 Å². The average Bonchev–Trinajstić information content (AvgIpc) is 3.14. The number of ether oxygens (including phenoxy) is 1. The van der Waals surface area contributed by atoms with Crippen LogP contribution in [-0.2, 0) is 11.3 Å². The Morgan fingerprint density at radius 2 is 1.83 bits per heavy atom. The van der Waals surface area contributed by atoms with Gasteiger partial charge in [-0.15, -0.1) is 24.0 Å². The number of aromatic nitrogens is 2. The number of rotatable bonds is 8. The minimum atomic E-state index is -0.485. The summed E-state index contributed by atoms with van der Waals surface area (Å²) < 4.78 is 7.05. The number of hydrogen-bond donors (Lipinski definition) is 3. The number of benzene rings is 1. The van der Waals surface area contributed by atoms with Gasteiger partial charge in [-0.3, -0.25) is 0 Å². The number of para-hydroxylation sites is 1. The van der Waals surface area contributed by atoms with Crippen molar-refractivity contribution in [3.8, 4) is 5.69 Å². The predicted molar refractivity (Wildman–Crippen MR) is 131 cm³/mol. The molecule has 0 spiro atoms. The number of guanidine groups is 1. The molecule has 0 saturated carbocycles. The Balaban J connectivity index is 0.00000450. The molecule has 8 nitrogen and oxygen atoms in total. The van der Waals surface area contributed by atoms with E-state index in [1.54, 1.807) is 0 Å². The van der Waals surface area contributed by atoms with Crippen LogP contribution < -0.4 is 16.0 Å². The van der Waals surface area contributed by atoms with Gasteiger partial charge >= 0.3 is 6.09 Å². The normalized spacial score (nSPS) is 11.4. The van der Waals surface area contributed by atoms with Gasteiger partial charge in [-0.05, 0) is 46.2 Å². The Hall–Kier alpha value is -2.30. The fraction of sp³-hybridized carbons (Fsp3) is 0.476. The number of carbonyl (C=O) groups excluding carboxylic acids is 1. The molecule has 0 unspecified atom stereocenters. The average molecular weight is 528 g/mol. The summed E-state index contributed by atoms with van der Waals surface area (Å²) in [6, 6.07) is 9.98. The number of hydrogen-bond acceptors (Lipinski definition) is 4. The van der Waals surface area contributed by atoms with Crippen molar-refractivity contribution in [2.45, 2.75) is 46.3 Å². The summed E-state index contributed by atoms with van der Waals surface area (Å²) >= 11 is 0. The van der Waals surface area contributed by atoms with Crippen LogP contribution in [0.15, 0.2) is 47.7 Å². The maximum Gasteiger partial charge on any atom is 0.407 e. The molecule has 3 N–H and O–H groups in total. The molecule has 0 aliphatic heterocycles. The first-order valence-corrected chi connectivity index (χ1v) is 9.95. The minimum absolute atomic E-state index is 0. The molecule has 0 aliphatic carbocycles. The Morgan fingerprint density at radius 1 is 1.13 bits per heavy atom. The highest BCUT2D eigenvalue weighted by molar-refractivity contribution is 14.0. The first-order valence-electron chi connectivity index (χ1n) is 9.95. The lowest BCUT2D eigenvalue weighted by Crippen LogP contribution is -2.39. The molecule has 1 heterocycles. The van der Waals surface area contributed by atoms with Crippen LogP contribution in [0.3, 0.4) is 0 Å². The Bertz CT molecular complexity index is 786. The zero-order chi connectivity index (χ0) is 21.1. The molecule has 166 valence electrons. The third-order valence-electron chi connectivity index (χ3n) is 3.73. The number of aliphatic imine (C=N–C) groups is 1. The molecular formula is C21H33IN6O2. The Kier molecular flexibility index (Phi) is 11.2. The van der Waals surface area contributed by atoms with Crippen LogP contribution in [0.1, 0.15) is 39.7 Å². The molecule has 0 bridgehead atoms. The number of alkyl carbamates (subject to hydrolysis) is 1. The second kappa shape index (κ2) is 13.1. The largest absolute Gasteiger partial charge is 0.444 e. The van der Waals surface area contributed by atoms with Gasteiger partial charge in [-0.2, -0.15) is 5.10 Å². The van der Waals surface area contributed by atoms with Crippen molar-refractivity contribution in [2.24, 2.45) is 4.99 Å². The van der Waals surface area contributed by atoms with Crippen molar-refractivity contribution in [2.75, 3.05) is 19.6 Å². The lowest BCUT2D eigenvalue weighted by atomic mass is 10.2. The van der Waals surface area contributed by atoms with E-state index in [9.17, 15) is 4.79 Å². The zero-order valence-electron chi connectivity index (χ0n) is 18.1. The van der Waals surface area contributed by atoms with E-state index in [1.165, 1.54) is 0 Å². The maximum atomic E-state index is 11.6. The van der Waals surface area contributed by atoms with Crippen molar-refractivity contribution in [1.29, 1.82) is 0 Å². The van der Waals surface area contributed by atoms with E-state index in [1.807, 2.05) is 75.1 Å². The van der Waals surface area contributed by atoms with E-state index in [-0.39, 0.29) is 24.0 Å². The molecule has 9 heteroatoms. The fourth-order valence-electron chi connectivity index (χ4n) is 2.48. The molecular weight excluding hydrogens is 495 g/mol. The molecule has 30 heavy (non-hydrogen) atoms. The number of nitrogens with one attached hydrogen (secondary N) is 3. The molecule has 0 aliphatic rings. The van der Waals surface area contributed by atoms with Gasteiger partial charge in [-0.1, -0.05) is 18.2 Å². The lowest BCUT2D eigenvalue weighted by molar-refractivity contribution is 0.0527. The molecule has 0 radical (unpaired) electrons. The Labute approximate surface area is 195 Å². The Morgan fingerprint density at radius 3 is 2.50 bits per heavy atom. The minimum Gasteiger partial charge on any atom is -0.444 e. The number of halogens is 1. The van der Waals surface area contributed by atoms with Gasteiger partial charge in [0, 0.05) is 31.4 Å². The molecule has 2 rings (SSSR count). The monoisotopic (exact) mass is 528 g/mol. The topological polar surface area (TPSA) is 92.6 Å². The van der Waals surface area contributed by atoms with Gasteiger partial charge in [0.25, 0.3) is 0 Å². The van der Waals surface area contributed by atoms with Gasteiger partial charge in [0.15, 0.2) is 5.96 Å². The van der Waals surface area contributed by atoms with Crippen LogP contribution in [-0.4, -0.2) is 47.1 Å². The SMILES string of the molecule is CCNC(=NCc1cnn(-c2ccccc2)c1)NCCCNC(=O)OC(C)(C)C.I.